The molecule has 0 saturated heterocycles. The van der Waals surface area contributed by atoms with Crippen molar-refractivity contribution < 1.29 is 8.42 Å². The number of nitrogens with zero attached hydrogens (tertiary/aromatic N) is 2. The zero-order valence-electron chi connectivity index (χ0n) is 10.5. The molecule has 0 bridgehead atoms. The zero-order chi connectivity index (χ0) is 13.3. The predicted octanol–water partition coefficient (Wildman–Crippen LogP) is -0.252. The number of hydrogen-bond donors (Lipinski definition) is 2. The van der Waals surface area contributed by atoms with Crippen LogP contribution < -0.4 is 11.1 Å². The first kappa shape index (κ1) is 15.9. The zero-order valence-corrected chi connectivity index (χ0v) is 11.3. The largest absolute Gasteiger partial charge is 0.370 e. The molecule has 0 amide bonds. The minimum absolute atomic E-state index is 0.121. The SMILES string of the molecule is C=CCNC(N)=NCCCN(C)S(=O)(=O)CC. The second-order valence-corrected chi connectivity index (χ2v) is 5.88. The summed E-state index contributed by atoms with van der Waals surface area (Å²) in [5, 5.41) is 2.84. The summed E-state index contributed by atoms with van der Waals surface area (Å²) in [4.78, 5) is 4.06. The quantitative estimate of drug-likeness (QED) is 0.273. The summed E-state index contributed by atoms with van der Waals surface area (Å²) in [6.45, 7) is 6.69. The molecule has 0 aliphatic rings. The molecule has 0 heterocycles. The van der Waals surface area contributed by atoms with Gasteiger partial charge in [0.2, 0.25) is 10.0 Å². The van der Waals surface area contributed by atoms with Gasteiger partial charge in [0.15, 0.2) is 5.96 Å². The Hall–Kier alpha value is -1.08. The van der Waals surface area contributed by atoms with Crippen LogP contribution in [0.4, 0.5) is 0 Å². The van der Waals surface area contributed by atoms with Crippen LogP contribution in [0.15, 0.2) is 17.6 Å². The summed E-state index contributed by atoms with van der Waals surface area (Å²) in [5.41, 5.74) is 5.55. The molecule has 0 aromatic rings. The monoisotopic (exact) mass is 262 g/mol. The highest BCUT2D eigenvalue weighted by Crippen LogP contribution is 1.98. The molecule has 0 aromatic carbocycles. The van der Waals surface area contributed by atoms with Crippen LogP contribution in [0.25, 0.3) is 0 Å². The molecule has 0 saturated carbocycles. The molecule has 0 atom stereocenters. The number of nitrogens with two attached hydrogens (primary N) is 1. The van der Waals surface area contributed by atoms with Crippen LogP contribution in [0.2, 0.25) is 0 Å². The first-order chi connectivity index (χ1) is 7.94. The number of rotatable bonds is 8. The lowest BCUT2D eigenvalue weighted by Gasteiger charge is -2.14. The minimum Gasteiger partial charge on any atom is -0.370 e. The summed E-state index contributed by atoms with van der Waals surface area (Å²) in [7, 11) is -1.52. The van der Waals surface area contributed by atoms with E-state index < -0.39 is 10.0 Å². The fourth-order valence-corrected chi connectivity index (χ4v) is 1.93. The molecule has 17 heavy (non-hydrogen) atoms. The van der Waals surface area contributed by atoms with Gasteiger partial charge in [-0.25, -0.2) is 12.7 Å². The average molecular weight is 262 g/mol. The number of aliphatic imine (C=N–C) groups is 1. The Kier molecular flexibility index (Phi) is 7.56. The minimum atomic E-state index is -3.09. The van der Waals surface area contributed by atoms with E-state index in [1.165, 1.54) is 4.31 Å². The Morgan fingerprint density at radius 1 is 1.59 bits per heavy atom. The van der Waals surface area contributed by atoms with Gasteiger partial charge in [-0.2, -0.15) is 0 Å². The Bertz CT molecular complexity index is 351. The molecule has 0 aliphatic heterocycles. The van der Waals surface area contributed by atoms with Gasteiger partial charge in [0.05, 0.1) is 5.75 Å². The van der Waals surface area contributed by atoms with Gasteiger partial charge in [-0.1, -0.05) is 6.08 Å². The van der Waals surface area contributed by atoms with Crippen molar-refractivity contribution in [3.8, 4) is 0 Å². The van der Waals surface area contributed by atoms with E-state index in [1.807, 2.05) is 0 Å². The Balaban J connectivity index is 3.89. The maximum absolute atomic E-state index is 11.4. The molecule has 0 radical (unpaired) electrons. The van der Waals surface area contributed by atoms with Crippen molar-refractivity contribution in [1.82, 2.24) is 9.62 Å². The lowest BCUT2D eigenvalue weighted by Crippen LogP contribution is -2.32. The first-order valence-electron chi connectivity index (χ1n) is 5.52. The van der Waals surface area contributed by atoms with Crippen LogP contribution in [0.3, 0.4) is 0 Å². The fourth-order valence-electron chi connectivity index (χ4n) is 1.08. The Morgan fingerprint density at radius 2 is 2.24 bits per heavy atom. The molecule has 0 unspecified atom stereocenters. The normalized spacial score (nSPS) is 12.8. The maximum Gasteiger partial charge on any atom is 0.213 e. The summed E-state index contributed by atoms with van der Waals surface area (Å²) >= 11 is 0. The fraction of sp³-hybridized carbons (Fsp3) is 0.700. The standard InChI is InChI=1S/C10H22N4O2S/c1-4-7-12-10(11)13-8-6-9-14(3)17(15,16)5-2/h4H,1,5-9H2,2-3H3,(H3,11,12,13). The summed E-state index contributed by atoms with van der Waals surface area (Å²) in [5.74, 6) is 0.474. The van der Waals surface area contributed by atoms with Gasteiger partial charge < -0.3 is 11.1 Å². The van der Waals surface area contributed by atoms with Crippen molar-refractivity contribution in [3.05, 3.63) is 12.7 Å². The third-order valence-electron chi connectivity index (χ3n) is 2.18. The van der Waals surface area contributed by atoms with Gasteiger partial charge in [0, 0.05) is 26.7 Å². The molecule has 0 spiro atoms. The van der Waals surface area contributed by atoms with Crippen molar-refractivity contribution in [2.75, 3.05) is 32.4 Å². The van der Waals surface area contributed by atoms with Crippen molar-refractivity contribution in [3.63, 3.8) is 0 Å². The molecule has 0 fully saturated rings. The molecule has 0 rings (SSSR count). The smallest absolute Gasteiger partial charge is 0.213 e. The van der Waals surface area contributed by atoms with Gasteiger partial charge in [0.1, 0.15) is 0 Å². The second-order valence-electron chi connectivity index (χ2n) is 3.51. The van der Waals surface area contributed by atoms with Crippen LogP contribution in [0.1, 0.15) is 13.3 Å². The van der Waals surface area contributed by atoms with Gasteiger partial charge in [-0.15, -0.1) is 6.58 Å². The van der Waals surface area contributed by atoms with E-state index in [1.54, 1.807) is 20.0 Å². The van der Waals surface area contributed by atoms with E-state index in [2.05, 4.69) is 16.9 Å². The molecule has 0 aromatic heterocycles. The summed E-state index contributed by atoms with van der Waals surface area (Å²) in [6, 6.07) is 0. The molecule has 6 nitrogen and oxygen atoms in total. The summed E-state index contributed by atoms with van der Waals surface area (Å²) in [6.07, 6.45) is 2.33. The van der Waals surface area contributed by atoms with Crippen molar-refractivity contribution in [2.45, 2.75) is 13.3 Å². The topological polar surface area (TPSA) is 87.8 Å². The predicted molar refractivity (Wildman–Crippen MR) is 71.4 cm³/mol. The highest BCUT2D eigenvalue weighted by molar-refractivity contribution is 7.89. The molecular formula is C10H22N4O2S. The van der Waals surface area contributed by atoms with Crippen LogP contribution in [0.5, 0.6) is 0 Å². The summed E-state index contributed by atoms with van der Waals surface area (Å²) < 4.78 is 24.2. The second kappa shape index (κ2) is 8.08. The van der Waals surface area contributed by atoms with Gasteiger partial charge in [-0.3, -0.25) is 4.99 Å². The number of sulfonamides is 1. The lowest BCUT2D eigenvalue weighted by atomic mass is 10.4. The molecule has 100 valence electrons. The Morgan fingerprint density at radius 3 is 2.76 bits per heavy atom. The first-order valence-corrected chi connectivity index (χ1v) is 7.13. The molecule has 3 N–H and O–H groups in total. The van der Waals surface area contributed by atoms with E-state index in [-0.39, 0.29) is 5.75 Å². The van der Waals surface area contributed by atoms with Crippen LogP contribution >= 0.6 is 0 Å². The van der Waals surface area contributed by atoms with Crippen molar-refractivity contribution >= 4 is 16.0 Å². The van der Waals surface area contributed by atoms with Crippen LogP contribution in [-0.4, -0.2) is 51.1 Å². The highest BCUT2D eigenvalue weighted by atomic mass is 32.2. The van der Waals surface area contributed by atoms with E-state index in [0.29, 0.717) is 32.0 Å². The van der Waals surface area contributed by atoms with Gasteiger partial charge >= 0.3 is 0 Å². The number of nitrogens with one attached hydrogen (secondary N) is 1. The molecule has 0 aliphatic carbocycles. The van der Waals surface area contributed by atoms with E-state index in [9.17, 15) is 8.42 Å². The van der Waals surface area contributed by atoms with Crippen LogP contribution in [0, 0.1) is 0 Å². The molecule has 7 heteroatoms. The lowest BCUT2D eigenvalue weighted by molar-refractivity contribution is 0.465. The van der Waals surface area contributed by atoms with Gasteiger partial charge in [-0.05, 0) is 13.3 Å². The number of guanidine groups is 1. The average Bonchev–Trinajstić information content (AvgIpc) is 2.31. The Labute approximate surface area is 104 Å². The van der Waals surface area contributed by atoms with Crippen LogP contribution in [-0.2, 0) is 10.0 Å². The third kappa shape index (κ3) is 6.96. The van der Waals surface area contributed by atoms with Crippen molar-refractivity contribution in [1.29, 1.82) is 0 Å². The van der Waals surface area contributed by atoms with Gasteiger partial charge in [0.25, 0.3) is 0 Å². The highest BCUT2D eigenvalue weighted by Gasteiger charge is 2.13. The number of hydrogen-bond acceptors (Lipinski definition) is 3. The maximum atomic E-state index is 11.4. The molecular weight excluding hydrogens is 240 g/mol. The van der Waals surface area contributed by atoms with Crippen molar-refractivity contribution in [2.24, 2.45) is 10.7 Å². The van der Waals surface area contributed by atoms with E-state index >= 15 is 0 Å². The third-order valence-corrected chi connectivity index (χ3v) is 4.04. The van der Waals surface area contributed by atoms with E-state index in [4.69, 9.17) is 5.73 Å². The van der Waals surface area contributed by atoms with E-state index in [0.717, 1.165) is 0 Å².